The van der Waals surface area contributed by atoms with Gasteiger partial charge < -0.3 is 85.0 Å². The Balaban J connectivity index is 0.000000162. The van der Waals surface area contributed by atoms with Gasteiger partial charge in [0.25, 0.3) is 0 Å². The van der Waals surface area contributed by atoms with E-state index in [1.54, 1.807) is 95.0 Å². The molecule has 12 aromatic rings. The molecule has 0 aliphatic carbocycles. The van der Waals surface area contributed by atoms with Crippen molar-refractivity contribution in [1.29, 1.82) is 0 Å². The maximum atomic E-state index is 13.8. The molecule has 30 heteroatoms. The van der Waals surface area contributed by atoms with E-state index >= 15 is 0 Å². The van der Waals surface area contributed by atoms with Crippen molar-refractivity contribution in [2.75, 3.05) is 181 Å². The average molecular weight is 1710 g/mol. The molecule has 654 valence electrons. The van der Waals surface area contributed by atoms with E-state index in [1.165, 1.54) is 52.2 Å². The third-order valence-corrected chi connectivity index (χ3v) is 21.9. The molecule has 9 aromatic carbocycles. The summed E-state index contributed by atoms with van der Waals surface area (Å²) in [6.07, 6.45) is 5.10. The van der Waals surface area contributed by atoms with Crippen LogP contribution in [0.1, 0.15) is 40.3 Å². The first-order chi connectivity index (χ1) is 61.3. The monoisotopic (exact) mass is 1700 g/mol. The number of rotatable bonds is 27. The third-order valence-electron chi connectivity index (χ3n) is 21.9. The zero-order chi connectivity index (χ0) is 88.4. The minimum atomic E-state index is -0.394. The number of halogens is 1. The number of anilines is 15. The fraction of sp³-hybridized carbons (Fsp3) is 0.281. The number of hydrogen-bond donors (Lipinski definition) is 6. The molecule has 0 bridgehead atoms. The van der Waals surface area contributed by atoms with Gasteiger partial charge in [0.05, 0.1) is 58.3 Å². The minimum Gasteiger partial charge on any atom is -0.497 e. The molecular formula is C96H110FN21O8. The summed E-state index contributed by atoms with van der Waals surface area (Å²) in [7, 11) is 14.4. The van der Waals surface area contributed by atoms with Crippen LogP contribution in [0.15, 0.2) is 237 Å². The van der Waals surface area contributed by atoms with Crippen molar-refractivity contribution >= 4 is 104 Å². The van der Waals surface area contributed by atoms with Crippen molar-refractivity contribution in [3.05, 3.63) is 277 Å². The van der Waals surface area contributed by atoms with Gasteiger partial charge in [-0.25, -0.2) is 63.4 Å². The summed E-state index contributed by atoms with van der Waals surface area (Å²) in [6, 6.07) is 67.3. The summed E-state index contributed by atoms with van der Waals surface area (Å²) in [5.74, 6) is 5.58. The van der Waals surface area contributed by atoms with Gasteiger partial charge in [0, 0.05) is 157 Å². The topological polar surface area (TPSA) is 276 Å². The van der Waals surface area contributed by atoms with Crippen LogP contribution in [0.25, 0.3) is 0 Å². The van der Waals surface area contributed by atoms with E-state index < -0.39 is 6.03 Å². The van der Waals surface area contributed by atoms with Crippen LogP contribution in [0.2, 0.25) is 0 Å². The Kier molecular flexibility index (Phi) is 30.9. The summed E-state index contributed by atoms with van der Waals surface area (Å²) in [5.41, 5.74) is 13.8. The second kappa shape index (κ2) is 43.6. The molecule has 6 amide bonds. The molecule has 3 aromatic heterocycles. The number of amides is 6. The van der Waals surface area contributed by atoms with Crippen LogP contribution in [0.4, 0.5) is 105 Å². The second-order valence-corrected chi connectivity index (χ2v) is 30.7. The van der Waals surface area contributed by atoms with E-state index in [0.717, 1.165) is 136 Å². The van der Waals surface area contributed by atoms with Crippen LogP contribution in [0.3, 0.4) is 0 Å². The Labute approximate surface area is 736 Å². The number of likely N-dealkylation sites (N-methyl/N-ethyl adjacent to an activating group) is 3. The molecule has 3 aliphatic heterocycles. The van der Waals surface area contributed by atoms with Gasteiger partial charge >= 0.3 is 18.1 Å². The predicted molar refractivity (Wildman–Crippen MR) is 498 cm³/mol. The Morgan fingerprint density at radius 2 is 0.778 bits per heavy atom. The van der Waals surface area contributed by atoms with E-state index in [9.17, 15) is 18.8 Å². The number of carbonyl (C=O) groups is 3. The molecule has 3 fully saturated rings. The fourth-order valence-electron chi connectivity index (χ4n) is 14.6. The Morgan fingerprint density at radius 3 is 1.24 bits per heavy atom. The standard InChI is InChI=1S/C32H36FN7O2.2C32H37N7O3/c1-4-24-19-28(42-3)12-13-29(24)37-30-20-31(36-22-35-30)40(32(41)34-21-23-6-5-7-25(33)18-23)27-10-8-26(9-11-27)39-16-14-38(2)15-17-39;1-23-5-7-24(8-6-23)21-33-32(40)39(26-11-9-25(10-12-26)38-17-15-37(2)16-18-38)31-20-30(34-22-35-31)36-28-14-13-27(41-3)19-29(28)42-4;1-23-6-5-7-24(18-23)21-33-32(40)39(28-13-12-27(41-3)19-29(28)42-4)31-20-30(34-22-35-31)36-25-8-10-26(11-9-25)38-16-14-37(2)15-17-38/h5-13,18-20,22H,4,14-17,21H2,1-3H3,(H,34,41)(H,35,36,37);5-14,19-20,22H,15-18,21H2,1-4H3,(H,33,40)(H,34,35,36);5-13,18-20,22H,14-17,21H2,1-4H3,(H,33,40)(H,34,35,36). The summed E-state index contributed by atoms with van der Waals surface area (Å²) in [4.78, 5) is 86.4. The highest BCUT2D eigenvalue weighted by Gasteiger charge is 2.28. The second-order valence-electron chi connectivity index (χ2n) is 30.7. The zero-order valence-electron chi connectivity index (χ0n) is 73.2. The quantitative estimate of drug-likeness (QED) is 0.0279. The molecule has 0 radical (unpaired) electrons. The van der Waals surface area contributed by atoms with E-state index in [0.29, 0.717) is 99.3 Å². The van der Waals surface area contributed by atoms with Crippen LogP contribution in [0, 0.1) is 19.7 Å². The fourth-order valence-corrected chi connectivity index (χ4v) is 14.6. The Bertz CT molecular complexity index is 5580. The summed E-state index contributed by atoms with van der Waals surface area (Å²) >= 11 is 0. The maximum absolute atomic E-state index is 13.8. The third kappa shape index (κ3) is 24.1. The lowest BCUT2D eigenvalue weighted by molar-refractivity contribution is 0.247. The van der Waals surface area contributed by atoms with Crippen molar-refractivity contribution in [1.82, 2.24) is 60.6 Å². The molecule has 6 N–H and O–H groups in total. The lowest BCUT2D eigenvalue weighted by atomic mass is 10.1. The highest BCUT2D eigenvalue weighted by atomic mass is 19.1. The first-order valence-electron chi connectivity index (χ1n) is 41.9. The number of methoxy groups -OCH3 is 5. The first-order valence-corrected chi connectivity index (χ1v) is 41.9. The first kappa shape index (κ1) is 89.4. The number of aromatic nitrogens is 6. The van der Waals surface area contributed by atoms with Gasteiger partial charge in [-0.2, -0.15) is 0 Å². The normalized spacial score (nSPS) is 13.4. The van der Waals surface area contributed by atoms with Gasteiger partial charge in [-0.05, 0) is 191 Å². The van der Waals surface area contributed by atoms with E-state index in [2.05, 4.69) is 144 Å². The Hall–Kier alpha value is -14.4. The number of carbonyl (C=O) groups excluding carboxylic acids is 3. The Morgan fingerprint density at radius 1 is 0.373 bits per heavy atom. The number of urea groups is 3. The molecular weight excluding hydrogens is 1590 g/mol. The van der Waals surface area contributed by atoms with Gasteiger partial charge in [0.2, 0.25) is 0 Å². The molecule has 0 saturated carbocycles. The molecule has 3 saturated heterocycles. The molecule has 0 atom stereocenters. The number of benzene rings is 9. The summed E-state index contributed by atoms with van der Waals surface area (Å²) < 4.78 is 41.0. The molecule has 29 nitrogen and oxygen atoms in total. The number of aryl methyl sites for hydroxylation is 3. The number of nitrogens with zero attached hydrogens (tertiary/aromatic N) is 15. The van der Waals surface area contributed by atoms with Gasteiger partial charge in [-0.3, -0.25) is 0 Å². The van der Waals surface area contributed by atoms with Crippen molar-refractivity contribution in [3.63, 3.8) is 0 Å². The highest BCUT2D eigenvalue weighted by Crippen LogP contribution is 2.39. The lowest BCUT2D eigenvalue weighted by Gasteiger charge is -2.34. The molecule has 126 heavy (non-hydrogen) atoms. The summed E-state index contributed by atoms with van der Waals surface area (Å²) in [6.45, 7) is 19.0. The van der Waals surface area contributed by atoms with Crippen molar-refractivity contribution in [3.8, 4) is 28.7 Å². The number of piperazine rings is 3. The minimum absolute atomic E-state index is 0.161. The number of nitrogens with one attached hydrogen (secondary N) is 6. The van der Waals surface area contributed by atoms with E-state index in [-0.39, 0.29) is 24.4 Å². The smallest absolute Gasteiger partial charge is 0.328 e. The molecule has 0 unspecified atom stereocenters. The SMILES string of the molecule is CCc1cc(OC)ccc1Nc1cc(N(C(=O)NCc2cccc(F)c2)c2ccc(N3CCN(C)CC3)cc2)ncn1.COc1ccc(N(C(=O)NCc2cccc(C)c2)c2cc(Nc3ccc(N4CCN(C)CC4)cc3)ncn2)c(OC)c1.COc1ccc(Nc2cc(N(C(=O)NCc3ccc(C)cc3)c3ccc(N4CCN(C)CC4)cc3)ncn2)c(OC)c1. The largest absolute Gasteiger partial charge is 0.497 e. The molecule has 0 spiro atoms. The number of hydrogen-bond acceptors (Lipinski definition) is 23. The van der Waals surface area contributed by atoms with E-state index in [4.69, 9.17) is 23.7 Å². The van der Waals surface area contributed by atoms with Gasteiger partial charge in [-0.1, -0.05) is 78.7 Å². The van der Waals surface area contributed by atoms with E-state index in [1.807, 2.05) is 141 Å². The zero-order valence-corrected chi connectivity index (χ0v) is 73.2. The lowest BCUT2D eigenvalue weighted by Crippen LogP contribution is -2.44. The van der Waals surface area contributed by atoms with Crippen LogP contribution in [-0.2, 0) is 26.1 Å². The molecule has 15 rings (SSSR count). The van der Waals surface area contributed by atoms with Crippen molar-refractivity contribution in [2.45, 2.75) is 46.8 Å². The average Bonchev–Trinajstić information content (AvgIpc) is 0.807. The molecule has 6 heterocycles. The van der Waals surface area contributed by atoms with Crippen molar-refractivity contribution < 1.29 is 42.5 Å². The summed E-state index contributed by atoms with van der Waals surface area (Å²) in [5, 5.41) is 19.0. The van der Waals surface area contributed by atoms with Gasteiger partial charge in [0.1, 0.15) is 88.5 Å². The molecule has 3 aliphatic rings. The van der Waals surface area contributed by atoms with Crippen molar-refractivity contribution in [2.24, 2.45) is 0 Å². The van der Waals surface area contributed by atoms with Crippen LogP contribution < -0.4 is 85.0 Å². The highest BCUT2D eigenvalue weighted by molar-refractivity contribution is 6.01. The van der Waals surface area contributed by atoms with Gasteiger partial charge in [-0.15, -0.1) is 0 Å². The van der Waals surface area contributed by atoms with Gasteiger partial charge in [0.15, 0.2) is 0 Å². The maximum Gasteiger partial charge on any atom is 0.328 e. The number of ether oxygens (including phenoxy) is 5. The van der Waals surface area contributed by atoms with Crippen LogP contribution >= 0.6 is 0 Å². The van der Waals surface area contributed by atoms with Crippen LogP contribution in [-0.4, -0.2) is 198 Å². The van der Waals surface area contributed by atoms with Crippen LogP contribution in [0.5, 0.6) is 28.7 Å². The predicted octanol–water partition coefficient (Wildman–Crippen LogP) is 16.4.